The van der Waals surface area contributed by atoms with E-state index in [0.29, 0.717) is 0 Å². The normalized spacial score (nSPS) is 10.3. The smallest absolute Gasteiger partial charge is 0.0641 e. The monoisotopic (exact) mass is 157 g/mol. The Hall–Kier alpha value is -0.480. The van der Waals surface area contributed by atoms with Crippen molar-refractivity contribution in [3.8, 4) is 0 Å². The lowest BCUT2D eigenvalue weighted by Crippen LogP contribution is -1.98. The summed E-state index contributed by atoms with van der Waals surface area (Å²) in [5.41, 5.74) is 1.15. The van der Waals surface area contributed by atoms with Crippen molar-refractivity contribution in [1.29, 1.82) is 0 Å². The average Bonchev–Trinajstić information content (AvgIpc) is 2.30. The van der Waals surface area contributed by atoms with E-state index in [1.54, 1.807) is 6.20 Å². The Morgan fingerprint density at radius 2 is 2.50 bits per heavy atom. The van der Waals surface area contributed by atoms with E-state index in [9.17, 15) is 0 Å². The van der Waals surface area contributed by atoms with Crippen molar-refractivity contribution in [1.82, 2.24) is 9.78 Å². The molecule has 10 heavy (non-hydrogen) atoms. The number of nitrogens with zero attached hydrogens (tertiary/aromatic N) is 2. The van der Waals surface area contributed by atoms with Crippen LogP contribution in [-0.2, 0) is 6.54 Å². The molecule has 2 N–H and O–H groups in total. The second-order valence-corrected chi connectivity index (χ2v) is 2.70. The second-order valence-electron chi connectivity index (χ2n) is 2.03. The molecule has 0 aliphatic rings. The van der Waals surface area contributed by atoms with Gasteiger partial charge in [-0.2, -0.15) is 5.10 Å². The summed E-state index contributed by atoms with van der Waals surface area (Å²) < 4.78 is 1.93. The van der Waals surface area contributed by atoms with Gasteiger partial charge in [0, 0.05) is 6.54 Å². The van der Waals surface area contributed by atoms with E-state index < -0.39 is 0 Å². The van der Waals surface area contributed by atoms with Gasteiger partial charge in [0.1, 0.15) is 0 Å². The molecule has 0 aromatic carbocycles. The second kappa shape index (κ2) is 3.07. The highest BCUT2D eigenvalue weighted by Gasteiger charge is 2.01. The lowest BCUT2D eigenvalue weighted by molar-refractivity contribution is 0.637. The van der Waals surface area contributed by atoms with E-state index in [1.807, 2.05) is 11.6 Å². The molecule has 56 valence electrons. The van der Waals surface area contributed by atoms with Gasteiger partial charge in [0.15, 0.2) is 0 Å². The zero-order valence-corrected chi connectivity index (χ0v) is 6.98. The van der Waals surface area contributed by atoms with Crippen LogP contribution < -0.4 is 5.14 Å². The minimum Gasteiger partial charge on any atom is -0.273 e. The zero-order chi connectivity index (χ0) is 7.56. The quantitative estimate of drug-likeness (QED) is 0.655. The third-order valence-electron chi connectivity index (χ3n) is 1.48. The fourth-order valence-electron chi connectivity index (χ4n) is 0.864. The fraction of sp³-hybridized carbons (Fsp3) is 0.500. The van der Waals surface area contributed by atoms with Crippen LogP contribution >= 0.6 is 11.9 Å². The Morgan fingerprint density at radius 3 is 2.80 bits per heavy atom. The minimum atomic E-state index is 0.909. The summed E-state index contributed by atoms with van der Waals surface area (Å²) in [6.07, 6.45) is 1.80. The molecule has 0 aliphatic carbocycles. The van der Waals surface area contributed by atoms with Gasteiger partial charge in [-0.25, -0.2) is 0 Å². The van der Waals surface area contributed by atoms with E-state index in [4.69, 9.17) is 5.14 Å². The van der Waals surface area contributed by atoms with Gasteiger partial charge in [-0.05, 0) is 25.8 Å². The predicted octanol–water partition coefficient (Wildman–Crippen LogP) is 1.18. The molecule has 0 radical (unpaired) electrons. The predicted molar refractivity (Wildman–Crippen MR) is 42.7 cm³/mol. The van der Waals surface area contributed by atoms with Crippen molar-refractivity contribution >= 4 is 11.9 Å². The van der Waals surface area contributed by atoms with Crippen molar-refractivity contribution in [2.24, 2.45) is 5.14 Å². The zero-order valence-electron chi connectivity index (χ0n) is 6.16. The van der Waals surface area contributed by atoms with E-state index in [2.05, 4.69) is 12.0 Å². The summed E-state index contributed by atoms with van der Waals surface area (Å²) in [6.45, 7) is 4.99. The van der Waals surface area contributed by atoms with Crippen LogP contribution in [0.3, 0.4) is 0 Å². The Bertz CT molecular complexity index is 197. The van der Waals surface area contributed by atoms with Crippen LogP contribution in [-0.4, -0.2) is 9.78 Å². The first-order valence-corrected chi connectivity index (χ1v) is 4.06. The third-order valence-corrected chi connectivity index (χ3v) is 2.14. The van der Waals surface area contributed by atoms with Gasteiger partial charge < -0.3 is 0 Å². The van der Waals surface area contributed by atoms with Crippen LogP contribution in [0.5, 0.6) is 0 Å². The molecule has 0 atom stereocenters. The van der Waals surface area contributed by atoms with E-state index in [0.717, 1.165) is 17.1 Å². The van der Waals surface area contributed by atoms with Gasteiger partial charge in [-0.1, -0.05) is 0 Å². The topological polar surface area (TPSA) is 43.8 Å². The van der Waals surface area contributed by atoms with Gasteiger partial charge in [-0.3, -0.25) is 9.82 Å². The van der Waals surface area contributed by atoms with Crippen LogP contribution in [0.25, 0.3) is 0 Å². The summed E-state index contributed by atoms with van der Waals surface area (Å²) in [5, 5.41) is 9.50. The summed E-state index contributed by atoms with van der Waals surface area (Å²) >= 11 is 1.25. The molecule has 1 aromatic heterocycles. The largest absolute Gasteiger partial charge is 0.273 e. The average molecular weight is 157 g/mol. The van der Waals surface area contributed by atoms with Crippen molar-refractivity contribution in [3.05, 3.63) is 11.9 Å². The van der Waals surface area contributed by atoms with E-state index >= 15 is 0 Å². The summed E-state index contributed by atoms with van der Waals surface area (Å²) in [5.74, 6) is 0. The highest BCUT2D eigenvalue weighted by atomic mass is 32.2. The molecule has 0 fully saturated rings. The molecule has 0 saturated carbocycles. The van der Waals surface area contributed by atoms with Crippen molar-refractivity contribution in [2.45, 2.75) is 25.3 Å². The molecule has 3 nitrogen and oxygen atoms in total. The molecule has 0 spiro atoms. The van der Waals surface area contributed by atoms with Gasteiger partial charge >= 0.3 is 0 Å². The molecular formula is C6H11N3S. The first-order chi connectivity index (χ1) is 4.79. The fourth-order valence-corrected chi connectivity index (χ4v) is 1.25. The van der Waals surface area contributed by atoms with Crippen LogP contribution in [0.1, 0.15) is 12.6 Å². The van der Waals surface area contributed by atoms with Crippen LogP contribution in [0, 0.1) is 6.92 Å². The molecule has 0 amide bonds. The lowest BCUT2D eigenvalue weighted by Gasteiger charge is -1.98. The maximum Gasteiger partial charge on any atom is 0.0641 e. The SMILES string of the molecule is CCn1ncc(SN)c1C. The summed E-state index contributed by atoms with van der Waals surface area (Å²) in [6, 6.07) is 0. The van der Waals surface area contributed by atoms with Gasteiger partial charge in [0.05, 0.1) is 16.8 Å². The van der Waals surface area contributed by atoms with Crippen molar-refractivity contribution < 1.29 is 0 Å². The number of rotatable bonds is 2. The molecule has 0 unspecified atom stereocenters. The maximum atomic E-state index is 5.38. The lowest BCUT2D eigenvalue weighted by atomic mass is 10.5. The molecule has 1 aromatic rings. The Balaban J connectivity index is 2.97. The van der Waals surface area contributed by atoms with E-state index in [1.165, 1.54) is 11.9 Å². The molecular weight excluding hydrogens is 146 g/mol. The Morgan fingerprint density at radius 1 is 1.80 bits per heavy atom. The number of aromatic nitrogens is 2. The first kappa shape index (κ1) is 7.63. The van der Waals surface area contributed by atoms with Gasteiger partial charge in [0.25, 0.3) is 0 Å². The van der Waals surface area contributed by atoms with E-state index in [-0.39, 0.29) is 0 Å². The first-order valence-electron chi connectivity index (χ1n) is 3.18. The third kappa shape index (κ3) is 1.17. The summed E-state index contributed by atoms with van der Waals surface area (Å²) in [7, 11) is 0. The summed E-state index contributed by atoms with van der Waals surface area (Å²) in [4.78, 5) is 1.06. The van der Waals surface area contributed by atoms with Crippen LogP contribution in [0.4, 0.5) is 0 Å². The highest BCUT2D eigenvalue weighted by Crippen LogP contribution is 2.15. The minimum absolute atomic E-state index is 0.909. The van der Waals surface area contributed by atoms with Crippen molar-refractivity contribution in [2.75, 3.05) is 0 Å². The maximum absolute atomic E-state index is 5.38. The molecule has 0 saturated heterocycles. The molecule has 4 heteroatoms. The van der Waals surface area contributed by atoms with Crippen LogP contribution in [0.2, 0.25) is 0 Å². The number of hydrogen-bond acceptors (Lipinski definition) is 3. The van der Waals surface area contributed by atoms with Crippen LogP contribution in [0.15, 0.2) is 11.1 Å². The number of aryl methyl sites for hydroxylation is 1. The molecule has 1 rings (SSSR count). The number of hydrogen-bond donors (Lipinski definition) is 1. The standard InChI is InChI=1S/C6H11N3S/c1-3-9-5(2)6(10-7)4-8-9/h4H,3,7H2,1-2H3. The number of nitrogens with two attached hydrogens (primary N) is 1. The molecule has 0 aliphatic heterocycles. The van der Waals surface area contributed by atoms with Gasteiger partial charge in [0.2, 0.25) is 0 Å². The Labute approximate surface area is 64.7 Å². The van der Waals surface area contributed by atoms with Crippen molar-refractivity contribution in [3.63, 3.8) is 0 Å². The Kier molecular flexibility index (Phi) is 2.34. The highest BCUT2D eigenvalue weighted by molar-refractivity contribution is 7.97. The molecule has 1 heterocycles. The van der Waals surface area contributed by atoms with Gasteiger partial charge in [-0.15, -0.1) is 0 Å². The molecule has 0 bridgehead atoms.